The number of nitrogens with one attached hydrogen (secondary N) is 1. The molecule has 2 aromatic rings. The van der Waals surface area contributed by atoms with Gasteiger partial charge < -0.3 is 15.1 Å². The van der Waals surface area contributed by atoms with Crippen LogP contribution in [0.2, 0.25) is 0 Å². The van der Waals surface area contributed by atoms with E-state index in [2.05, 4.69) is 79.5 Å². The van der Waals surface area contributed by atoms with Crippen LogP contribution < -0.4 is 15.2 Å². The van der Waals surface area contributed by atoms with E-state index in [-0.39, 0.29) is 13.2 Å². The smallest absolute Gasteiger partial charge is 0.108 e. The minimum absolute atomic E-state index is 0.203. The standard InChI is InChI=1S/C28H37N3O2S2/c1-6-13-31(14-7-2)24(8-3)16-22-9-10-23(15-20(22)4)27-12-11-26(34-27)21(5)28(17-29)35-30-18-25(33)19-32/h8-12,15-16,25,30,32-33H,4,6-7,13-14,18-19H2,1-3,5H3/b22-16-,24-8+,28-21+. The van der Waals surface area contributed by atoms with Crippen molar-refractivity contribution in [3.63, 3.8) is 0 Å². The number of aliphatic hydroxyl groups excluding tert-OH is 2. The van der Waals surface area contributed by atoms with Crippen LogP contribution in [-0.4, -0.2) is 47.5 Å². The summed E-state index contributed by atoms with van der Waals surface area (Å²) in [5.74, 6) is 0. The van der Waals surface area contributed by atoms with Crippen LogP contribution in [0.3, 0.4) is 0 Å². The molecule has 0 saturated carbocycles. The Bertz CT molecular complexity index is 1170. The van der Waals surface area contributed by atoms with E-state index in [0.717, 1.165) is 57.3 Å². The lowest BCUT2D eigenvalue weighted by atomic mass is 10.1. The van der Waals surface area contributed by atoms with Crippen molar-refractivity contribution in [2.24, 2.45) is 0 Å². The predicted octanol–water partition coefficient (Wildman–Crippen LogP) is 4.48. The normalized spacial score (nSPS) is 14.0. The lowest BCUT2D eigenvalue weighted by molar-refractivity contribution is 0.0994. The van der Waals surface area contributed by atoms with Crippen molar-refractivity contribution in [1.29, 1.82) is 5.26 Å². The van der Waals surface area contributed by atoms with Crippen LogP contribution in [0.15, 0.2) is 47.0 Å². The number of hydrogen-bond acceptors (Lipinski definition) is 7. The van der Waals surface area contributed by atoms with Crippen LogP contribution in [0, 0.1) is 11.3 Å². The Morgan fingerprint density at radius 2 is 1.97 bits per heavy atom. The number of nitrogens with zero attached hydrogens (tertiary/aromatic N) is 2. The summed E-state index contributed by atoms with van der Waals surface area (Å²) < 4.78 is 2.95. The van der Waals surface area contributed by atoms with Crippen molar-refractivity contribution in [3.05, 3.63) is 62.3 Å². The number of benzene rings is 1. The van der Waals surface area contributed by atoms with Gasteiger partial charge in [0.15, 0.2) is 0 Å². The monoisotopic (exact) mass is 511 g/mol. The number of allylic oxidation sites excluding steroid dienone is 4. The van der Waals surface area contributed by atoms with Gasteiger partial charge in [0.25, 0.3) is 0 Å². The van der Waals surface area contributed by atoms with E-state index in [0.29, 0.717) is 4.91 Å². The third-order valence-electron chi connectivity index (χ3n) is 5.50. The second-order valence-electron chi connectivity index (χ2n) is 8.28. The average molecular weight is 512 g/mol. The fourth-order valence-electron chi connectivity index (χ4n) is 3.59. The molecule has 0 aliphatic heterocycles. The van der Waals surface area contributed by atoms with E-state index >= 15 is 0 Å². The first-order chi connectivity index (χ1) is 16.9. The van der Waals surface area contributed by atoms with E-state index in [1.807, 2.05) is 13.0 Å². The topological polar surface area (TPSA) is 79.5 Å². The first-order valence-corrected chi connectivity index (χ1v) is 13.6. The van der Waals surface area contributed by atoms with Gasteiger partial charge in [-0.15, -0.1) is 11.3 Å². The van der Waals surface area contributed by atoms with Gasteiger partial charge in [-0.3, -0.25) is 4.72 Å². The number of aliphatic hydroxyl groups is 2. The predicted molar refractivity (Wildman–Crippen MR) is 152 cm³/mol. The van der Waals surface area contributed by atoms with Crippen LogP contribution in [0.5, 0.6) is 0 Å². The van der Waals surface area contributed by atoms with E-state index in [1.54, 1.807) is 11.3 Å². The third-order valence-corrected chi connectivity index (χ3v) is 7.67. The Morgan fingerprint density at radius 1 is 1.26 bits per heavy atom. The van der Waals surface area contributed by atoms with Crippen LogP contribution in [0.4, 0.5) is 0 Å². The molecule has 7 heteroatoms. The molecule has 1 aromatic carbocycles. The molecule has 0 saturated heterocycles. The average Bonchev–Trinajstić information content (AvgIpc) is 3.35. The number of hydrogen-bond donors (Lipinski definition) is 3. The summed E-state index contributed by atoms with van der Waals surface area (Å²) in [4.78, 5) is 5.10. The van der Waals surface area contributed by atoms with Crippen LogP contribution in [0.25, 0.3) is 28.7 Å². The first kappa shape index (κ1) is 28.9. The number of thiophene rings is 1. The summed E-state index contributed by atoms with van der Waals surface area (Å²) >= 11 is 2.81. The van der Waals surface area contributed by atoms with Gasteiger partial charge in [-0.25, -0.2) is 0 Å². The van der Waals surface area contributed by atoms with Gasteiger partial charge >= 0.3 is 0 Å². The zero-order valence-electron chi connectivity index (χ0n) is 21.2. The Morgan fingerprint density at radius 3 is 2.54 bits per heavy atom. The van der Waals surface area contributed by atoms with Gasteiger partial charge in [0, 0.05) is 35.1 Å². The molecule has 0 aliphatic carbocycles. The van der Waals surface area contributed by atoms with Crippen molar-refractivity contribution < 1.29 is 10.2 Å². The highest BCUT2D eigenvalue weighted by Gasteiger charge is 2.11. The Balaban J connectivity index is 2.28. The summed E-state index contributed by atoms with van der Waals surface area (Å²) in [6.45, 7) is 14.7. The molecule has 3 N–H and O–H groups in total. The van der Waals surface area contributed by atoms with Gasteiger partial charge in [0.2, 0.25) is 0 Å². The highest BCUT2D eigenvalue weighted by Crippen LogP contribution is 2.34. The minimum Gasteiger partial charge on any atom is -0.394 e. The van der Waals surface area contributed by atoms with E-state index in [9.17, 15) is 10.4 Å². The van der Waals surface area contributed by atoms with Crippen molar-refractivity contribution in [2.45, 2.75) is 46.6 Å². The summed E-state index contributed by atoms with van der Waals surface area (Å²) in [7, 11) is 0. The molecular formula is C28H37N3O2S2. The number of rotatable bonds is 13. The fourth-order valence-corrected chi connectivity index (χ4v) is 5.39. The zero-order chi connectivity index (χ0) is 25.8. The summed E-state index contributed by atoms with van der Waals surface area (Å²) in [6, 6.07) is 12.7. The van der Waals surface area contributed by atoms with Gasteiger partial charge in [-0.2, -0.15) is 5.26 Å². The maximum absolute atomic E-state index is 9.57. The molecule has 1 atom stereocenters. The van der Waals surface area contributed by atoms with Gasteiger partial charge in [0.05, 0.1) is 12.7 Å². The van der Waals surface area contributed by atoms with Crippen molar-refractivity contribution in [1.82, 2.24) is 9.62 Å². The second kappa shape index (κ2) is 14.9. The Kier molecular flexibility index (Phi) is 12.3. The molecule has 1 heterocycles. The molecule has 1 aromatic heterocycles. The zero-order valence-corrected chi connectivity index (χ0v) is 22.8. The van der Waals surface area contributed by atoms with Crippen LogP contribution >= 0.6 is 23.3 Å². The molecule has 0 bridgehead atoms. The molecule has 0 fully saturated rings. The summed E-state index contributed by atoms with van der Waals surface area (Å²) in [5, 5.41) is 30.1. The van der Waals surface area contributed by atoms with Gasteiger partial charge in [-0.1, -0.05) is 38.6 Å². The van der Waals surface area contributed by atoms with Crippen LogP contribution in [-0.2, 0) is 0 Å². The minimum atomic E-state index is -0.849. The molecule has 2 rings (SSSR count). The lowest BCUT2D eigenvalue weighted by Crippen LogP contribution is -2.28. The highest BCUT2D eigenvalue weighted by molar-refractivity contribution is 8.01. The van der Waals surface area contributed by atoms with Gasteiger partial charge in [0.1, 0.15) is 11.0 Å². The van der Waals surface area contributed by atoms with E-state index < -0.39 is 6.10 Å². The molecule has 0 amide bonds. The fraction of sp³-hybridized carbons (Fsp3) is 0.393. The molecule has 0 spiro atoms. The van der Waals surface area contributed by atoms with Crippen LogP contribution in [0.1, 0.15) is 45.4 Å². The Labute approximate surface area is 217 Å². The van der Waals surface area contributed by atoms with Gasteiger partial charge in [-0.05, 0) is 84.5 Å². The van der Waals surface area contributed by atoms with E-state index in [1.165, 1.54) is 17.6 Å². The highest BCUT2D eigenvalue weighted by atomic mass is 32.2. The maximum Gasteiger partial charge on any atom is 0.108 e. The molecule has 0 aliphatic rings. The SMILES string of the molecule is C=c1cc(-c2ccc(/C(C)=C(\C#N)SNCC(O)CO)s2)cc/c1=C/C(=C\C)N(CCC)CCC. The Hall–Kier alpha value is -2.34. The first-order valence-electron chi connectivity index (χ1n) is 12.0. The third kappa shape index (κ3) is 8.38. The van der Waals surface area contributed by atoms with E-state index in [4.69, 9.17) is 5.11 Å². The maximum atomic E-state index is 9.57. The summed E-state index contributed by atoms with van der Waals surface area (Å²) in [5.41, 5.74) is 3.21. The number of nitriles is 1. The van der Waals surface area contributed by atoms with Crippen molar-refractivity contribution in [3.8, 4) is 16.5 Å². The molecule has 0 radical (unpaired) electrons. The molecule has 188 valence electrons. The summed E-state index contributed by atoms with van der Waals surface area (Å²) in [6.07, 6.45) is 5.77. The van der Waals surface area contributed by atoms with Crippen molar-refractivity contribution >= 4 is 41.5 Å². The second-order valence-corrected chi connectivity index (χ2v) is 10.3. The quantitative estimate of drug-likeness (QED) is 0.272. The van der Waals surface area contributed by atoms with Crippen molar-refractivity contribution in [2.75, 3.05) is 26.2 Å². The largest absolute Gasteiger partial charge is 0.394 e. The molecule has 35 heavy (non-hydrogen) atoms. The lowest BCUT2D eigenvalue weighted by Gasteiger charge is -2.24. The molecule has 1 unspecified atom stereocenters. The molecular weight excluding hydrogens is 474 g/mol. The molecule has 5 nitrogen and oxygen atoms in total.